The van der Waals surface area contributed by atoms with Crippen molar-refractivity contribution in [3.63, 3.8) is 0 Å². The van der Waals surface area contributed by atoms with Crippen LogP contribution in [0.3, 0.4) is 0 Å². The molecule has 2 aliphatic rings. The highest BCUT2D eigenvalue weighted by Crippen LogP contribution is 2.22. The fraction of sp³-hybridized carbons (Fsp3) is 0.700. The molecular formula is C20H32N2O2. The third-order valence-electron chi connectivity index (χ3n) is 5.22. The summed E-state index contributed by atoms with van der Waals surface area (Å²) < 4.78 is 11.8. The molecule has 2 fully saturated rings. The number of aryl methyl sites for hydroxylation is 2. The van der Waals surface area contributed by atoms with Crippen LogP contribution in [0.2, 0.25) is 0 Å². The Kier molecular flexibility index (Phi) is 6.52. The second kappa shape index (κ2) is 8.84. The SMILES string of the molecule is Cc1cccc(C)c1OCCCN1CCN(C[C@H]2CCCO2)CC1. The van der Waals surface area contributed by atoms with E-state index in [1.54, 1.807) is 0 Å². The van der Waals surface area contributed by atoms with Crippen LogP contribution < -0.4 is 4.74 Å². The van der Waals surface area contributed by atoms with E-state index in [-0.39, 0.29) is 0 Å². The highest BCUT2D eigenvalue weighted by Gasteiger charge is 2.22. The standard InChI is InChI=1S/C20H32N2O2/c1-17-6-3-7-18(2)20(17)24-15-5-9-21-10-12-22(13-11-21)16-19-8-4-14-23-19/h3,6-7,19H,4-5,8-16H2,1-2H3/t19-/m1/s1. The molecule has 0 N–H and O–H groups in total. The Bertz CT molecular complexity index is 486. The fourth-order valence-electron chi connectivity index (χ4n) is 3.76. The van der Waals surface area contributed by atoms with Crippen molar-refractivity contribution < 1.29 is 9.47 Å². The van der Waals surface area contributed by atoms with E-state index >= 15 is 0 Å². The lowest BCUT2D eigenvalue weighted by molar-refractivity contribution is 0.0495. The molecule has 1 aromatic rings. The molecule has 2 heterocycles. The fourth-order valence-corrected chi connectivity index (χ4v) is 3.76. The Balaban J connectivity index is 1.31. The molecule has 0 radical (unpaired) electrons. The lowest BCUT2D eigenvalue weighted by atomic mass is 10.1. The molecular weight excluding hydrogens is 300 g/mol. The zero-order chi connectivity index (χ0) is 16.8. The predicted molar refractivity (Wildman–Crippen MR) is 97.9 cm³/mol. The summed E-state index contributed by atoms with van der Waals surface area (Å²) >= 11 is 0. The van der Waals surface area contributed by atoms with Gasteiger partial charge in [0.15, 0.2) is 0 Å². The minimum absolute atomic E-state index is 0.488. The number of nitrogens with zero attached hydrogens (tertiary/aromatic N) is 2. The first-order valence-electron chi connectivity index (χ1n) is 9.48. The minimum atomic E-state index is 0.488. The van der Waals surface area contributed by atoms with Crippen LogP contribution in [-0.4, -0.2) is 68.4 Å². The molecule has 0 aromatic heterocycles. The molecule has 2 saturated heterocycles. The van der Waals surface area contributed by atoms with Crippen molar-refractivity contribution >= 4 is 0 Å². The second-order valence-electron chi connectivity index (χ2n) is 7.20. The molecule has 4 nitrogen and oxygen atoms in total. The van der Waals surface area contributed by atoms with E-state index in [0.717, 1.165) is 38.5 Å². The first-order chi connectivity index (χ1) is 11.7. The minimum Gasteiger partial charge on any atom is -0.493 e. The van der Waals surface area contributed by atoms with Crippen LogP contribution in [0.25, 0.3) is 0 Å². The Morgan fingerprint density at radius 1 is 1.08 bits per heavy atom. The van der Waals surface area contributed by atoms with E-state index < -0.39 is 0 Å². The maximum absolute atomic E-state index is 6.01. The Hall–Kier alpha value is -1.10. The van der Waals surface area contributed by atoms with Gasteiger partial charge in [0.2, 0.25) is 0 Å². The molecule has 0 amide bonds. The van der Waals surface area contributed by atoms with Crippen LogP contribution in [0, 0.1) is 13.8 Å². The van der Waals surface area contributed by atoms with E-state index in [4.69, 9.17) is 9.47 Å². The van der Waals surface area contributed by atoms with Gasteiger partial charge in [-0.15, -0.1) is 0 Å². The monoisotopic (exact) mass is 332 g/mol. The van der Waals surface area contributed by atoms with E-state index in [1.807, 2.05) is 0 Å². The number of hydrogen-bond acceptors (Lipinski definition) is 4. The molecule has 0 aliphatic carbocycles. The average Bonchev–Trinajstić information content (AvgIpc) is 3.08. The van der Waals surface area contributed by atoms with Gasteiger partial charge < -0.3 is 14.4 Å². The molecule has 24 heavy (non-hydrogen) atoms. The molecule has 0 unspecified atom stereocenters. The molecule has 1 atom stereocenters. The predicted octanol–water partition coefficient (Wildman–Crippen LogP) is 2.87. The van der Waals surface area contributed by atoms with Gasteiger partial charge in [0.1, 0.15) is 5.75 Å². The highest BCUT2D eigenvalue weighted by molar-refractivity contribution is 5.39. The smallest absolute Gasteiger partial charge is 0.125 e. The Morgan fingerprint density at radius 3 is 2.46 bits per heavy atom. The van der Waals surface area contributed by atoms with Crippen molar-refractivity contribution in [2.75, 3.05) is 52.5 Å². The highest BCUT2D eigenvalue weighted by atomic mass is 16.5. The molecule has 4 heteroatoms. The quantitative estimate of drug-likeness (QED) is 0.717. The van der Waals surface area contributed by atoms with E-state index in [9.17, 15) is 0 Å². The van der Waals surface area contributed by atoms with Crippen LogP contribution in [0.4, 0.5) is 0 Å². The van der Waals surface area contributed by atoms with Crippen molar-refractivity contribution in [3.8, 4) is 5.75 Å². The lowest BCUT2D eigenvalue weighted by Gasteiger charge is -2.35. The number of hydrogen-bond donors (Lipinski definition) is 0. The van der Waals surface area contributed by atoms with Crippen LogP contribution in [0.1, 0.15) is 30.4 Å². The van der Waals surface area contributed by atoms with Crippen molar-refractivity contribution in [3.05, 3.63) is 29.3 Å². The molecule has 3 rings (SSSR count). The van der Waals surface area contributed by atoms with Crippen LogP contribution >= 0.6 is 0 Å². The van der Waals surface area contributed by atoms with Gasteiger partial charge in [-0.25, -0.2) is 0 Å². The van der Waals surface area contributed by atoms with E-state index in [1.165, 1.54) is 50.1 Å². The first-order valence-corrected chi connectivity index (χ1v) is 9.48. The summed E-state index contributed by atoms with van der Waals surface area (Å²) in [6, 6.07) is 6.33. The van der Waals surface area contributed by atoms with Gasteiger partial charge in [-0.05, 0) is 44.2 Å². The van der Waals surface area contributed by atoms with E-state index in [0.29, 0.717) is 6.10 Å². The third kappa shape index (κ3) is 4.95. The van der Waals surface area contributed by atoms with Crippen LogP contribution in [0.5, 0.6) is 5.75 Å². The van der Waals surface area contributed by atoms with Gasteiger partial charge in [0.25, 0.3) is 0 Å². The normalized spacial score (nSPS) is 22.8. The molecule has 0 saturated carbocycles. The van der Waals surface area contributed by atoms with Gasteiger partial charge >= 0.3 is 0 Å². The summed E-state index contributed by atoms with van der Waals surface area (Å²) in [7, 11) is 0. The number of ether oxygens (including phenoxy) is 2. The van der Waals surface area contributed by atoms with Gasteiger partial charge in [-0.2, -0.15) is 0 Å². The zero-order valence-electron chi connectivity index (χ0n) is 15.3. The third-order valence-corrected chi connectivity index (χ3v) is 5.22. The van der Waals surface area contributed by atoms with Gasteiger partial charge in [-0.3, -0.25) is 4.90 Å². The maximum Gasteiger partial charge on any atom is 0.125 e. The summed E-state index contributed by atoms with van der Waals surface area (Å²) in [5.74, 6) is 1.07. The topological polar surface area (TPSA) is 24.9 Å². The van der Waals surface area contributed by atoms with Crippen molar-refractivity contribution in [2.45, 2.75) is 39.2 Å². The molecule has 134 valence electrons. The zero-order valence-corrected chi connectivity index (χ0v) is 15.3. The average molecular weight is 332 g/mol. The number of piperazine rings is 1. The summed E-state index contributed by atoms with van der Waals surface area (Å²) in [4.78, 5) is 5.14. The van der Waals surface area contributed by atoms with Gasteiger partial charge in [0.05, 0.1) is 12.7 Å². The number of benzene rings is 1. The Morgan fingerprint density at radius 2 is 1.79 bits per heavy atom. The van der Waals surface area contributed by atoms with Crippen LogP contribution in [-0.2, 0) is 4.74 Å². The summed E-state index contributed by atoms with van der Waals surface area (Å²) in [5, 5.41) is 0. The molecule has 0 bridgehead atoms. The lowest BCUT2D eigenvalue weighted by Crippen LogP contribution is -2.48. The summed E-state index contributed by atoms with van der Waals surface area (Å²) in [6.45, 7) is 13.0. The van der Waals surface area contributed by atoms with Crippen LogP contribution in [0.15, 0.2) is 18.2 Å². The molecule has 2 aliphatic heterocycles. The molecule has 0 spiro atoms. The van der Waals surface area contributed by atoms with Crippen molar-refractivity contribution in [2.24, 2.45) is 0 Å². The second-order valence-corrected chi connectivity index (χ2v) is 7.20. The number of rotatable bonds is 7. The Labute approximate surface area is 146 Å². The largest absolute Gasteiger partial charge is 0.493 e. The number of para-hydroxylation sites is 1. The van der Waals surface area contributed by atoms with Crippen molar-refractivity contribution in [1.29, 1.82) is 0 Å². The molecule has 1 aromatic carbocycles. The maximum atomic E-state index is 6.01. The first kappa shape index (κ1) is 17.7. The van der Waals surface area contributed by atoms with E-state index in [2.05, 4.69) is 41.8 Å². The summed E-state index contributed by atoms with van der Waals surface area (Å²) in [5.41, 5.74) is 2.47. The summed E-state index contributed by atoms with van der Waals surface area (Å²) in [6.07, 6.45) is 4.07. The van der Waals surface area contributed by atoms with Gasteiger partial charge in [-0.1, -0.05) is 18.2 Å². The van der Waals surface area contributed by atoms with Gasteiger partial charge in [0, 0.05) is 45.9 Å². The van der Waals surface area contributed by atoms with Crippen molar-refractivity contribution in [1.82, 2.24) is 9.80 Å².